The van der Waals surface area contributed by atoms with Crippen LogP contribution in [0.25, 0.3) is 11.0 Å². The Morgan fingerprint density at radius 3 is 2.67 bits per heavy atom. The maximum atomic E-state index is 5.86. The molecule has 1 saturated heterocycles. The van der Waals surface area contributed by atoms with E-state index in [9.17, 15) is 0 Å². The van der Waals surface area contributed by atoms with Crippen LogP contribution in [-0.2, 0) is 0 Å². The predicted octanol–water partition coefficient (Wildman–Crippen LogP) is 3.38. The summed E-state index contributed by atoms with van der Waals surface area (Å²) < 4.78 is 5.47. The van der Waals surface area contributed by atoms with E-state index in [1.54, 1.807) is 24.9 Å². The molecule has 0 radical (unpaired) electrons. The molecule has 4 rings (SSSR count). The molecule has 1 fully saturated rings. The number of fused-ring (bicyclic) bond motifs is 1. The normalized spacial score (nSPS) is 15.8. The summed E-state index contributed by atoms with van der Waals surface area (Å²) in [4.78, 5) is 17.6. The number of halogens is 1. The van der Waals surface area contributed by atoms with E-state index in [0.717, 1.165) is 42.7 Å². The first-order chi connectivity index (χ1) is 11.7. The number of pyridine rings is 1. The molecule has 1 aliphatic rings. The van der Waals surface area contributed by atoms with Crippen molar-refractivity contribution in [1.29, 1.82) is 0 Å². The molecule has 0 atom stereocenters. The second-order valence-corrected chi connectivity index (χ2v) is 6.43. The molecule has 24 heavy (non-hydrogen) atoms. The third kappa shape index (κ3) is 2.78. The molecule has 3 aromatic rings. The van der Waals surface area contributed by atoms with Crippen LogP contribution in [0.15, 0.2) is 41.4 Å². The van der Waals surface area contributed by atoms with Gasteiger partial charge in [-0.3, -0.25) is 0 Å². The first kappa shape index (κ1) is 15.2. The second-order valence-electron chi connectivity index (χ2n) is 6.00. The number of anilines is 2. The summed E-state index contributed by atoms with van der Waals surface area (Å²) in [7, 11) is 2.04. The highest BCUT2D eigenvalue weighted by molar-refractivity contribution is 6.30. The van der Waals surface area contributed by atoms with Gasteiger partial charge < -0.3 is 14.2 Å². The monoisotopic (exact) mass is 343 g/mol. The van der Waals surface area contributed by atoms with Gasteiger partial charge in [-0.2, -0.15) is 0 Å². The molecule has 0 amide bonds. The average molecular weight is 344 g/mol. The van der Waals surface area contributed by atoms with E-state index in [2.05, 4.69) is 24.8 Å². The van der Waals surface area contributed by atoms with Crippen LogP contribution in [0.2, 0.25) is 5.02 Å². The van der Waals surface area contributed by atoms with Crippen LogP contribution >= 0.6 is 11.6 Å². The van der Waals surface area contributed by atoms with E-state index in [1.165, 1.54) is 0 Å². The summed E-state index contributed by atoms with van der Waals surface area (Å²) in [6, 6.07) is 4.29. The number of hydrogen-bond donors (Lipinski definition) is 0. The number of furan rings is 1. The molecule has 0 aromatic carbocycles. The fourth-order valence-corrected chi connectivity index (χ4v) is 3.35. The minimum atomic E-state index is 0.408. The van der Waals surface area contributed by atoms with Crippen LogP contribution in [0.5, 0.6) is 0 Å². The number of rotatable bonds is 3. The van der Waals surface area contributed by atoms with Crippen LogP contribution in [0.1, 0.15) is 12.8 Å². The molecule has 3 aromatic heterocycles. The smallest absolute Gasteiger partial charge is 0.225 e. The quantitative estimate of drug-likeness (QED) is 0.726. The molecule has 0 bridgehead atoms. The van der Waals surface area contributed by atoms with E-state index in [4.69, 9.17) is 16.0 Å². The summed E-state index contributed by atoms with van der Waals surface area (Å²) in [5, 5.41) is 1.63. The van der Waals surface area contributed by atoms with Crippen molar-refractivity contribution in [1.82, 2.24) is 15.0 Å². The molecule has 0 spiro atoms. The van der Waals surface area contributed by atoms with Gasteiger partial charge in [-0.25, -0.2) is 15.0 Å². The van der Waals surface area contributed by atoms with Gasteiger partial charge in [-0.1, -0.05) is 11.6 Å². The van der Waals surface area contributed by atoms with Crippen molar-refractivity contribution in [3.63, 3.8) is 0 Å². The van der Waals surface area contributed by atoms with Crippen molar-refractivity contribution >= 4 is 34.3 Å². The maximum Gasteiger partial charge on any atom is 0.225 e. The molecule has 4 heterocycles. The standard InChI is InChI=1S/C17H18ClN5O/c1-22(17-20-10-12(18)11-21-17)13-3-7-23(8-4-13)16-14-5-9-24-15(14)2-6-19-16/h2,5-6,9-11,13H,3-4,7-8H2,1H3. The number of piperidine rings is 1. The fourth-order valence-electron chi connectivity index (χ4n) is 3.25. The third-order valence-corrected chi connectivity index (χ3v) is 4.79. The van der Waals surface area contributed by atoms with E-state index in [1.807, 2.05) is 19.2 Å². The van der Waals surface area contributed by atoms with Gasteiger partial charge in [0.1, 0.15) is 11.4 Å². The zero-order chi connectivity index (χ0) is 16.5. The van der Waals surface area contributed by atoms with Crippen LogP contribution in [0.4, 0.5) is 11.8 Å². The topological polar surface area (TPSA) is 58.3 Å². The molecule has 0 unspecified atom stereocenters. The van der Waals surface area contributed by atoms with Crippen molar-refractivity contribution in [2.45, 2.75) is 18.9 Å². The lowest BCUT2D eigenvalue weighted by Gasteiger charge is -2.37. The van der Waals surface area contributed by atoms with E-state index in [-0.39, 0.29) is 0 Å². The Balaban J connectivity index is 1.47. The SMILES string of the molecule is CN(c1ncc(Cl)cn1)C1CCN(c2nccc3occc23)CC1. The van der Waals surface area contributed by atoms with Gasteiger partial charge in [-0.15, -0.1) is 0 Å². The summed E-state index contributed by atoms with van der Waals surface area (Å²) in [5.41, 5.74) is 0.883. The fraction of sp³-hybridized carbons (Fsp3) is 0.353. The van der Waals surface area contributed by atoms with Crippen molar-refractivity contribution in [3.05, 3.63) is 42.0 Å². The lowest BCUT2D eigenvalue weighted by molar-refractivity contribution is 0.476. The molecule has 124 valence electrons. The van der Waals surface area contributed by atoms with Crippen LogP contribution in [0, 0.1) is 0 Å². The Morgan fingerprint density at radius 1 is 1.17 bits per heavy atom. The summed E-state index contributed by atoms with van der Waals surface area (Å²) in [5.74, 6) is 1.72. The third-order valence-electron chi connectivity index (χ3n) is 4.59. The maximum absolute atomic E-state index is 5.86. The van der Waals surface area contributed by atoms with Crippen LogP contribution < -0.4 is 9.80 Å². The molecule has 0 N–H and O–H groups in total. The summed E-state index contributed by atoms with van der Waals surface area (Å²) in [6.45, 7) is 1.89. The van der Waals surface area contributed by atoms with E-state index in [0.29, 0.717) is 17.0 Å². The van der Waals surface area contributed by atoms with Crippen molar-refractivity contribution in [3.8, 4) is 0 Å². The van der Waals surface area contributed by atoms with Gasteiger partial charge in [-0.05, 0) is 25.0 Å². The molecule has 1 aliphatic heterocycles. The van der Waals surface area contributed by atoms with Crippen molar-refractivity contribution in [2.75, 3.05) is 29.9 Å². The first-order valence-electron chi connectivity index (χ1n) is 8.00. The number of hydrogen-bond acceptors (Lipinski definition) is 6. The van der Waals surface area contributed by atoms with Crippen molar-refractivity contribution < 1.29 is 4.42 Å². The molecule has 0 saturated carbocycles. The minimum absolute atomic E-state index is 0.408. The molecular weight excluding hydrogens is 326 g/mol. The van der Waals surface area contributed by atoms with Crippen molar-refractivity contribution in [2.24, 2.45) is 0 Å². The highest BCUT2D eigenvalue weighted by Crippen LogP contribution is 2.28. The van der Waals surface area contributed by atoms with Gasteiger partial charge in [0, 0.05) is 32.4 Å². The number of aromatic nitrogens is 3. The Labute approximate surface area is 145 Å². The average Bonchev–Trinajstić information content (AvgIpc) is 3.11. The Hall–Kier alpha value is -2.34. The zero-order valence-electron chi connectivity index (χ0n) is 13.4. The van der Waals surface area contributed by atoms with E-state index >= 15 is 0 Å². The highest BCUT2D eigenvalue weighted by atomic mass is 35.5. The molecule has 6 nitrogen and oxygen atoms in total. The van der Waals surface area contributed by atoms with E-state index < -0.39 is 0 Å². The molecule has 0 aliphatic carbocycles. The Bertz CT molecular complexity index is 826. The lowest BCUT2D eigenvalue weighted by Crippen LogP contribution is -2.44. The van der Waals surface area contributed by atoms with Crippen LogP contribution in [0.3, 0.4) is 0 Å². The first-order valence-corrected chi connectivity index (χ1v) is 8.38. The largest absolute Gasteiger partial charge is 0.464 e. The van der Waals surface area contributed by atoms with Crippen LogP contribution in [-0.4, -0.2) is 41.1 Å². The summed E-state index contributed by atoms with van der Waals surface area (Å²) in [6.07, 6.45) is 8.85. The number of nitrogens with zero attached hydrogens (tertiary/aromatic N) is 5. The Morgan fingerprint density at radius 2 is 1.92 bits per heavy atom. The van der Waals surface area contributed by atoms with Gasteiger partial charge in [0.25, 0.3) is 0 Å². The Kier molecular flexibility index (Phi) is 3.98. The summed E-state index contributed by atoms with van der Waals surface area (Å²) >= 11 is 5.86. The van der Waals surface area contributed by atoms with Gasteiger partial charge in [0.05, 0.1) is 29.1 Å². The minimum Gasteiger partial charge on any atom is -0.464 e. The predicted molar refractivity (Wildman–Crippen MR) is 94.7 cm³/mol. The highest BCUT2D eigenvalue weighted by Gasteiger charge is 2.25. The van der Waals surface area contributed by atoms with Gasteiger partial charge >= 0.3 is 0 Å². The molecule has 7 heteroatoms. The zero-order valence-corrected chi connectivity index (χ0v) is 14.1. The second kappa shape index (κ2) is 6.28. The molecular formula is C17H18ClN5O. The van der Waals surface area contributed by atoms with Gasteiger partial charge in [0.15, 0.2) is 0 Å². The lowest BCUT2D eigenvalue weighted by atomic mass is 10.0. The van der Waals surface area contributed by atoms with Gasteiger partial charge in [0.2, 0.25) is 5.95 Å².